The minimum absolute atomic E-state index is 0.150. The van der Waals surface area contributed by atoms with Crippen LogP contribution in [0.5, 0.6) is 5.88 Å². The molecule has 1 N–H and O–H groups in total. The van der Waals surface area contributed by atoms with E-state index in [0.29, 0.717) is 36.4 Å². The minimum atomic E-state index is -0.930. The number of carbonyl (C=O) groups is 1. The van der Waals surface area contributed by atoms with Crippen LogP contribution >= 0.6 is 0 Å². The maximum absolute atomic E-state index is 11.6. The Hall–Kier alpha value is -4.46. The largest absolute Gasteiger partial charge is 0.478 e. The van der Waals surface area contributed by atoms with E-state index in [1.54, 1.807) is 24.3 Å². The molecule has 0 radical (unpaired) electrons. The molecule has 3 saturated heterocycles. The fraction of sp³-hybridized carbons (Fsp3) is 0.375. The van der Waals surface area contributed by atoms with E-state index in [0.717, 1.165) is 74.0 Å². The number of nitriles is 1. The van der Waals surface area contributed by atoms with E-state index in [1.165, 1.54) is 0 Å². The first kappa shape index (κ1) is 26.4. The van der Waals surface area contributed by atoms with Crippen LogP contribution in [0.3, 0.4) is 0 Å². The number of carboxylic acids is 1. The molecule has 7 rings (SSSR count). The number of carboxylic acid groups (broad SMARTS) is 1. The molecule has 4 aromatic rings. The Morgan fingerprint density at radius 3 is 2.52 bits per heavy atom. The molecule has 10 nitrogen and oxygen atoms in total. The summed E-state index contributed by atoms with van der Waals surface area (Å²) in [5, 5.41) is 18.5. The van der Waals surface area contributed by atoms with E-state index in [4.69, 9.17) is 24.7 Å². The number of aromatic carboxylic acids is 1. The highest BCUT2D eigenvalue weighted by atomic mass is 16.5. The summed E-state index contributed by atoms with van der Waals surface area (Å²) < 4.78 is 13.8. The molecule has 0 amide bonds. The zero-order valence-electron chi connectivity index (χ0n) is 23.2. The summed E-state index contributed by atoms with van der Waals surface area (Å²) in [6.45, 7) is 6.46. The van der Waals surface area contributed by atoms with Crippen LogP contribution in [-0.4, -0.2) is 69.4 Å². The van der Waals surface area contributed by atoms with Crippen molar-refractivity contribution >= 4 is 22.8 Å². The van der Waals surface area contributed by atoms with Crippen LogP contribution < -0.4 is 9.64 Å². The summed E-state index contributed by atoms with van der Waals surface area (Å²) in [6, 6.07) is 20.6. The van der Waals surface area contributed by atoms with E-state index in [-0.39, 0.29) is 11.7 Å². The molecule has 3 atom stereocenters. The Morgan fingerprint density at radius 2 is 1.83 bits per heavy atom. The summed E-state index contributed by atoms with van der Waals surface area (Å²) in [5.41, 5.74) is 3.59. The maximum Gasteiger partial charge on any atom is 0.335 e. The fourth-order valence-electron chi connectivity index (χ4n) is 6.36. The third-order valence-corrected chi connectivity index (χ3v) is 8.68. The zero-order valence-corrected chi connectivity index (χ0v) is 23.2. The maximum atomic E-state index is 11.6. The van der Waals surface area contributed by atoms with E-state index >= 15 is 0 Å². The standard InChI is InChI=1S/C32H32N6O4/c33-13-21-4-6-22(7-5-21)20-42-31-3-1-2-29(35-31)37-16-24-14-36(15-25(24)17-37)19-30-34-27-9-8-23(32(39)40)12-28(27)38(30)18-26-10-11-41-26/h1-9,12,24-26H,10-11,14-20H2,(H,39,40). The van der Waals surface area contributed by atoms with Crippen molar-refractivity contribution in [2.24, 2.45) is 11.8 Å². The lowest BCUT2D eigenvalue weighted by atomic mass is 10.0. The van der Waals surface area contributed by atoms with Gasteiger partial charge in [-0.15, -0.1) is 0 Å². The summed E-state index contributed by atoms with van der Waals surface area (Å²) >= 11 is 0. The van der Waals surface area contributed by atoms with Gasteiger partial charge in [-0.2, -0.15) is 10.2 Å². The zero-order chi connectivity index (χ0) is 28.6. The van der Waals surface area contributed by atoms with Gasteiger partial charge in [0.15, 0.2) is 0 Å². The molecule has 10 heteroatoms. The number of benzene rings is 2. The van der Waals surface area contributed by atoms with Crippen LogP contribution in [0.4, 0.5) is 5.82 Å². The Labute approximate surface area is 243 Å². The average Bonchev–Trinajstić information content (AvgIpc) is 3.65. The van der Waals surface area contributed by atoms with Crippen LogP contribution in [0, 0.1) is 23.2 Å². The molecule has 42 heavy (non-hydrogen) atoms. The van der Waals surface area contributed by atoms with Gasteiger partial charge in [-0.1, -0.05) is 18.2 Å². The molecule has 3 unspecified atom stereocenters. The molecular weight excluding hydrogens is 532 g/mol. The summed E-state index contributed by atoms with van der Waals surface area (Å²) in [5.74, 6) is 2.65. The van der Waals surface area contributed by atoms with Crippen molar-refractivity contribution in [3.63, 3.8) is 0 Å². The Morgan fingerprint density at radius 1 is 1.05 bits per heavy atom. The molecule has 3 aliphatic rings. The van der Waals surface area contributed by atoms with E-state index in [1.807, 2.05) is 36.4 Å². The van der Waals surface area contributed by atoms with Gasteiger partial charge in [0.1, 0.15) is 18.2 Å². The van der Waals surface area contributed by atoms with E-state index in [9.17, 15) is 9.90 Å². The number of fused-ring (bicyclic) bond motifs is 2. The number of hydrogen-bond acceptors (Lipinski definition) is 8. The van der Waals surface area contributed by atoms with Gasteiger partial charge in [0.2, 0.25) is 5.88 Å². The highest BCUT2D eigenvalue weighted by Gasteiger charge is 2.41. The van der Waals surface area contributed by atoms with Crippen molar-refractivity contribution in [3.8, 4) is 11.9 Å². The van der Waals surface area contributed by atoms with E-state index < -0.39 is 5.97 Å². The molecule has 2 aromatic carbocycles. The van der Waals surface area contributed by atoms with Gasteiger partial charge in [0, 0.05) is 38.9 Å². The van der Waals surface area contributed by atoms with Crippen molar-refractivity contribution in [3.05, 3.63) is 83.2 Å². The average molecular weight is 565 g/mol. The molecule has 0 aliphatic carbocycles. The predicted octanol–water partition coefficient (Wildman–Crippen LogP) is 3.94. The highest BCUT2D eigenvalue weighted by Crippen LogP contribution is 2.35. The number of pyridine rings is 1. The second-order valence-electron chi connectivity index (χ2n) is 11.5. The van der Waals surface area contributed by atoms with Gasteiger partial charge in [0.05, 0.1) is 47.4 Å². The van der Waals surface area contributed by atoms with Gasteiger partial charge in [-0.3, -0.25) is 4.90 Å². The predicted molar refractivity (Wildman–Crippen MR) is 155 cm³/mol. The van der Waals surface area contributed by atoms with Gasteiger partial charge >= 0.3 is 5.97 Å². The van der Waals surface area contributed by atoms with Crippen LogP contribution in [-0.2, 0) is 24.4 Å². The lowest BCUT2D eigenvalue weighted by Gasteiger charge is -2.28. The fourth-order valence-corrected chi connectivity index (χ4v) is 6.36. The number of nitrogens with zero attached hydrogens (tertiary/aromatic N) is 6. The van der Waals surface area contributed by atoms with Gasteiger partial charge in [-0.25, -0.2) is 9.78 Å². The molecule has 0 saturated carbocycles. The van der Waals surface area contributed by atoms with Crippen molar-refractivity contribution in [2.75, 3.05) is 37.7 Å². The number of aromatic nitrogens is 3. The van der Waals surface area contributed by atoms with Crippen molar-refractivity contribution in [1.29, 1.82) is 5.26 Å². The van der Waals surface area contributed by atoms with Crippen LogP contribution in [0.25, 0.3) is 11.0 Å². The number of imidazole rings is 1. The number of anilines is 1. The Bertz CT molecular complexity index is 1640. The van der Waals surface area contributed by atoms with E-state index in [2.05, 4.69) is 20.4 Å². The monoisotopic (exact) mass is 564 g/mol. The number of hydrogen-bond donors (Lipinski definition) is 1. The summed E-state index contributed by atoms with van der Waals surface area (Å²) in [7, 11) is 0. The molecule has 214 valence electrons. The molecule has 2 aromatic heterocycles. The summed E-state index contributed by atoms with van der Waals surface area (Å²) in [6.07, 6.45) is 1.16. The van der Waals surface area contributed by atoms with Crippen molar-refractivity contribution in [2.45, 2.75) is 32.2 Å². The molecular formula is C32H32N6O4. The first-order valence-electron chi connectivity index (χ1n) is 14.4. The van der Waals surface area contributed by atoms with Crippen molar-refractivity contribution in [1.82, 2.24) is 19.4 Å². The Balaban J connectivity index is 0.997. The van der Waals surface area contributed by atoms with Crippen LogP contribution in [0.2, 0.25) is 0 Å². The lowest BCUT2D eigenvalue weighted by molar-refractivity contribution is -0.0591. The number of ether oxygens (including phenoxy) is 2. The smallest absolute Gasteiger partial charge is 0.335 e. The molecule has 3 aliphatic heterocycles. The molecule has 0 spiro atoms. The topological polar surface area (TPSA) is 117 Å². The first-order chi connectivity index (χ1) is 20.5. The van der Waals surface area contributed by atoms with Crippen LogP contribution in [0.1, 0.15) is 33.7 Å². The van der Waals surface area contributed by atoms with Crippen molar-refractivity contribution < 1.29 is 19.4 Å². The highest BCUT2D eigenvalue weighted by molar-refractivity contribution is 5.92. The third-order valence-electron chi connectivity index (χ3n) is 8.68. The van der Waals surface area contributed by atoms with Crippen LogP contribution in [0.15, 0.2) is 60.7 Å². The molecule has 0 bridgehead atoms. The first-order valence-corrected chi connectivity index (χ1v) is 14.4. The second-order valence-corrected chi connectivity index (χ2v) is 11.5. The molecule has 3 fully saturated rings. The SMILES string of the molecule is N#Cc1ccc(COc2cccc(N3CC4CN(Cc5nc6ccc(C(=O)O)cc6n5CC5CCO5)CC4C3)n2)cc1. The second kappa shape index (κ2) is 11.1. The van der Waals surface area contributed by atoms with Gasteiger partial charge in [0.25, 0.3) is 0 Å². The lowest BCUT2D eigenvalue weighted by Crippen LogP contribution is -2.33. The summed E-state index contributed by atoms with van der Waals surface area (Å²) in [4.78, 5) is 26.2. The van der Waals surface area contributed by atoms with Gasteiger partial charge < -0.3 is 24.0 Å². The quantitative estimate of drug-likeness (QED) is 0.323. The number of rotatable bonds is 9. The van der Waals surface area contributed by atoms with Gasteiger partial charge in [-0.05, 0) is 60.2 Å². The Kier molecular flexibility index (Phi) is 6.98. The normalized spacial score (nSPS) is 21.7. The minimum Gasteiger partial charge on any atom is -0.478 e. The molecule has 5 heterocycles. The third kappa shape index (κ3) is 5.29. The number of likely N-dealkylation sites (tertiary alicyclic amines) is 1.